The Kier molecular flexibility index (Phi) is 4.51. The monoisotopic (exact) mass is 366 g/mol. The highest BCUT2D eigenvalue weighted by atomic mass is 35.5. The van der Waals surface area contributed by atoms with Crippen molar-refractivity contribution in [2.75, 3.05) is 12.4 Å². The minimum absolute atomic E-state index is 0.219. The van der Waals surface area contributed by atoms with E-state index in [-0.39, 0.29) is 6.54 Å². The molecule has 3 aromatic rings. The van der Waals surface area contributed by atoms with Crippen LogP contribution < -0.4 is 15.8 Å². The molecule has 0 fully saturated rings. The van der Waals surface area contributed by atoms with Crippen molar-refractivity contribution in [2.45, 2.75) is 6.54 Å². The first-order valence-corrected chi connectivity index (χ1v) is 7.66. The number of anilines is 1. The number of nitrogens with one attached hydrogen (secondary N) is 1. The molecule has 1 aromatic heterocycles. The molecule has 0 unspecified atom stereocenters. The van der Waals surface area contributed by atoms with Crippen molar-refractivity contribution in [3.8, 4) is 5.75 Å². The Labute approximate surface area is 146 Å². The first-order valence-electron chi connectivity index (χ1n) is 6.90. The molecule has 2 aromatic carbocycles. The molecule has 6 nitrogen and oxygen atoms in total. The second kappa shape index (κ2) is 6.59. The average molecular weight is 367 g/mol. The number of fused-ring (bicyclic) bond motifs is 1. The van der Waals surface area contributed by atoms with Crippen LogP contribution >= 0.6 is 23.2 Å². The van der Waals surface area contributed by atoms with E-state index in [0.29, 0.717) is 32.6 Å². The largest absolute Gasteiger partial charge is 0.495 e. The molecule has 0 aliphatic carbocycles. The van der Waals surface area contributed by atoms with Crippen LogP contribution in [0.3, 0.4) is 0 Å². The van der Waals surface area contributed by atoms with Gasteiger partial charge in [-0.3, -0.25) is 9.36 Å². The number of halogens is 2. The summed E-state index contributed by atoms with van der Waals surface area (Å²) in [6.45, 7) is -0.219. The highest BCUT2D eigenvalue weighted by Crippen LogP contribution is 2.27. The van der Waals surface area contributed by atoms with Crippen molar-refractivity contribution < 1.29 is 13.9 Å². The highest BCUT2D eigenvalue weighted by molar-refractivity contribution is 6.31. The summed E-state index contributed by atoms with van der Waals surface area (Å²) in [5.41, 5.74) is 1.22. The van der Waals surface area contributed by atoms with Gasteiger partial charge in [0.25, 0.3) is 0 Å². The molecule has 0 atom stereocenters. The first kappa shape index (κ1) is 16.4. The van der Waals surface area contributed by atoms with Crippen molar-refractivity contribution >= 4 is 45.9 Å². The third kappa shape index (κ3) is 3.25. The van der Waals surface area contributed by atoms with Gasteiger partial charge in [-0.25, -0.2) is 4.79 Å². The van der Waals surface area contributed by atoms with E-state index in [2.05, 4.69) is 5.32 Å². The fourth-order valence-electron chi connectivity index (χ4n) is 2.30. The lowest BCUT2D eigenvalue weighted by Crippen LogP contribution is -2.24. The number of hydrogen-bond donors (Lipinski definition) is 1. The Morgan fingerprint density at radius 1 is 1.21 bits per heavy atom. The van der Waals surface area contributed by atoms with Crippen LogP contribution in [0.5, 0.6) is 5.75 Å². The van der Waals surface area contributed by atoms with Gasteiger partial charge in [-0.1, -0.05) is 23.2 Å². The van der Waals surface area contributed by atoms with Crippen molar-refractivity contribution in [1.29, 1.82) is 0 Å². The maximum Gasteiger partial charge on any atom is 0.420 e. The zero-order valence-electron chi connectivity index (χ0n) is 12.5. The van der Waals surface area contributed by atoms with E-state index in [0.717, 1.165) is 0 Å². The van der Waals surface area contributed by atoms with Crippen LogP contribution in [0.2, 0.25) is 10.0 Å². The summed E-state index contributed by atoms with van der Waals surface area (Å²) in [4.78, 5) is 24.2. The van der Waals surface area contributed by atoms with Gasteiger partial charge in [-0.2, -0.15) is 0 Å². The molecule has 8 heteroatoms. The zero-order chi connectivity index (χ0) is 17.3. The number of aromatic nitrogens is 1. The minimum atomic E-state index is -0.638. The van der Waals surface area contributed by atoms with Crippen molar-refractivity contribution in [3.05, 3.63) is 57.0 Å². The molecule has 124 valence electrons. The molecule has 0 bridgehead atoms. The third-order valence-electron chi connectivity index (χ3n) is 3.37. The van der Waals surface area contributed by atoms with E-state index < -0.39 is 11.7 Å². The van der Waals surface area contributed by atoms with Crippen LogP contribution in [-0.4, -0.2) is 17.6 Å². The van der Waals surface area contributed by atoms with Gasteiger partial charge < -0.3 is 14.5 Å². The van der Waals surface area contributed by atoms with Gasteiger partial charge in [-0.05, 0) is 30.3 Å². The molecular formula is C16H12Cl2N2O4. The SMILES string of the molecule is COc1ccc(Cl)cc1NC(=O)Cn1c(=O)oc2cc(Cl)ccc21. The number of methoxy groups -OCH3 is 1. The molecule has 0 spiro atoms. The molecule has 0 saturated heterocycles. The third-order valence-corrected chi connectivity index (χ3v) is 3.84. The maximum atomic E-state index is 12.3. The number of carbonyl (C=O) groups is 1. The average Bonchev–Trinajstić information content (AvgIpc) is 2.82. The summed E-state index contributed by atoms with van der Waals surface area (Å²) >= 11 is 11.8. The fourth-order valence-corrected chi connectivity index (χ4v) is 2.64. The summed E-state index contributed by atoms with van der Waals surface area (Å²) in [6, 6.07) is 9.61. The van der Waals surface area contributed by atoms with Crippen LogP contribution in [0.1, 0.15) is 0 Å². The zero-order valence-corrected chi connectivity index (χ0v) is 14.0. The Morgan fingerprint density at radius 3 is 2.67 bits per heavy atom. The molecule has 1 amide bonds. The quantitative estimate of drug-likeness (QED) is 0.766. The van der Waals surface area contributed by atoms with E-state index in [1.165, 1.54) is 17.7 Å². The highest BCUT2D eigenvalue weighted by Gasteiger charge is 2.14. The van der Waals surface area contributed by atoms with Gasteiger partial charge in [-0.15, -0.1) is 0 Å². The van der Waals surface area contributed by atoms with Crippen LogP contribution in [0, 0.1) is 0 Å². The second-order valence-electron chi connectivity index (χ2n) is 4.96. The van der Waals surface area contributed by atoms with Gasteiger partial charge in [0.1, 0.15) is 12.3 Å². The molecule has 1 N–H and O–H groups in total. The van der Waals surface area contributed by atoms with E-state index in [1.807, 2.05) is 0 Å². The van der Waals surface area contributed by atoms with Crippen LogP contribution in [0.15, 0.2) is 45.6 Å². The topological polar surface area (TPSA) is 73.5 Å². The number of amides is 1. The number of hydrogen-bond acceptors (Lipinski definition) is 4. The lowest BCUT2D eigenvalue weighted by Gasteiger charge is -2.10. The number of benzene rings is 2. The minimum Gasteiger partial charge on any atom is -0.495 e. The number of rotatable bonds is 4. The molecule has 1 heterocycles. The van der Waals surface area contributed by atoms with E-state index in [1.54, 1.807) is 30.3 Å². The number of nitrogens with zero attached hydrogens (tertiary/aromatic N) is 1. The molecule has 24 heavy (non-hydrogen) atoms. The molecule has 0 aliphatic rings. The Balaban J connectivity index is 1.87. The molecule has 0 aliphatic heterocycles. The lowest BCUT2D eigenvalue weighted by molar-refractivity contribution is -0.116. The van der Waals surface area contributed by atoms with Crippen LogP contribution in [-0.2, 0) is 11.3 Å². The molecule has 0 radical (unpaired) electrons. The van der Waals surface area contributed by atoms with Crippen LogP contribution in [0.25, 0.3) is 11.1 Å². The molecular weight excluding hydrogens is 355 g/mol. The normalized spacial score (nSPS) is 10.8. The molecule has 0 saturated carbocycles. The van der Waals surface area contributed by atoms with E-state index in [4.69, 9.17) is 32.4 Å². The standard InChI is InChI=1S/C16H12Cl2N2O4/c1-23-13-5-3-9(17)6-11(13)19-15(21)8-20-12-4-2-10(18)7-14(12)24-16(20)22/h2-7H,8H2,1H3,(H,19,21). The van der Waals surface area contributed by atoms with Crippen molar-refractivity contribution in [3.63, 3.8) is 0 Å². The number of carbonyl (C=O) groups excluding carboxylic acids is 1. The predicted octanol–water partition coefficient (Wildman–Crippen LogP) is 3.55. The van der Waals surface area contributed by atoms with Gasteiger partial charge >= 0.3 is 5.76 Å². The summed E-state index contributed by atoms with van der Waals surface area (Å²) in [5, 5.41) is 3.56. The van der Waals surface area contributed by atoms with Crippen molar-refractivity contribution in [1.82, 2.24) is 4.57 Å². The fraction of sp³-hybridized carbons (Fsp3) is 0.125. The predicted molar refractivity (Wildman–Crippen MR) is 92.1 cm³/mol. The number of ether oxygens (including phenoxy) is 1. The summed E-state index contributed by atoms with van der Waals surface area (Å²) < 4.78 is 11.5. The van der Waals surface area contributed by atoms with Gasteiger partial charge in [0.05, 0.1) is 18.3 Å². The first-order chi connectivity index (χ1) is 11.5. The van der Waals surface area contributed by atoms with Crippen LogP contribution in [0.4, 0.5) is 5.69 Å². The Morgan fingerprint density at radius 2 is 1.92 bits per heavy atom. The number of oxazole rings is 1. The summed E-state index contributed by atoms with van der Waals surface area (Å²) in [6.07, 6.45) is 0. The van der Waals surface area contributed by atoms with Gasteiger partial charge in [0.2, 0.25) is 5.91 Å². The van der Waals surface area contributed by atoms with E-state index >= 15 is 0 Å². The lowest BCUT2D eigenvalue weighted by atomic mass is 10.3. The van der Waals surface area contributed by atoms with E-state index in [9.17, 15) is 9.59 Å². The van der Waals surface area contributed by atoms with Gasteiger partial charge in [0, 0.05) is 16.1 Å². The Bertz CT molecular complexity index is 978. The maximum absolute atomic E-state index is 12.3. The Hall–Kier alpha value is -2.44. The summed E-state index contributed by atoms with van der Waals surface area (Å²) in [5.74, 6) is -0.597. The smallest absolute Gasteiger partial charge is 0.420 e. The van der Waals surface area contributed by atoms with Gasteiger partial charge in [0.15, 0.2) is 5.58 Å². The molecule has 3 rings (SSSR count). The summed E-state index contributed by atoms with van der Waals surface area (Å²) in [7, 11) is 1.48. The second-order valence-corrected chi connectivity index (χ2v) is 5.83. The van der Waals surface area contributed by atoms with Crippen molar-refractivity contribution in [2.24, 2.45) is 0 Å².